The number of hydrogen-bond donors (Lipinski definition) is 2. The molecule has 0 spiro atoms. The van der Waals surface area contributed by atoms with Gasteiger partial charge in [-0.3, -0.25) is 4.90 Å². The number of benzene rings is 2. The maximum absolute atomic E-state index is 10.8. The second-order valence-corrected chi connectivity index (χ2v) is 8.54. The summed E-state index contributed by atoms with van der Waals surface area (Å²) < 4.78 is 7.30. The van der Waals surface area contributed by atoms with E-state index in [1.54, 1.807) is 7.11 Å². The van der Waals surface area contributed by atoms with Gasteiger partial charge in [-0.2, -0.15) is 0 Å². The lowest BCUT2D eigenvalue weighted by molar-refractivity contribution is 0.104. The number of aliphatic hydroxyl groups excluding tert-OH is 1. The van der Waals surface area contributed by atoms with Gasteiger partial charge in [0, 0.05) is 63.6 Å². The minimum Gasteiger partial charge on any atom is -0.507 e. The molecule has 1 aliphatic heterocycles. The van der Waals surface area contributed by atoms with Crippen molar-refractivity contribution in [3.05, 3.63) is 59.4 Å². The monoisotopic (exact) mass is 450 g/mol. The van der Waals surface area contributed by atoms with E-state index in [0.717, 1.165) is 60.1 Å². The van der Waals surface area contributed by atoms with E-state index in [1.165, 1.54) is 5.69 Å². The quantitative estimate of drug-likeness (QED) is 0.545. The van der Waals surface area contributed by atoms with E-state index in [4.69, 9.17) is 9.72 Å². The van der Waals surface area contributed by atoms with Crippen LogP contribution in [0, 0.1) is 0 Å². The van der Waals surface area contributed by atoms with Crippen molar-refractivity contribution in [3.63, 3.8) is 0 Å². The Balaban J connectivity index is 1.51. The summed E-state index contributed by atoms with van der Waals surface area (Å²) in [5, 5.41) is 21.5. The summed E-state index contributed by atoms with van der Waals surface area (Å²) in [4.78, 5) is 9.34. The van der Waals surface area contributed by atoms with E-state index in [-0.39, 0.29) is 5.75 Å². The Hall–Kier alpha value is -3.03. The third kappa shape index (κ3) is 4.70. The standard InChI is InChI=1S/C26H34N4O3/c1-5-30(6-2)19-9-12-21(24(31)15-19)26-27-22-16-29(14-13-23(22)28(26)3)17-25(32)18-7-10-20(33-4)11-8-18/h7-12,15,25,31-32H,5-6,13-14,16-17H2,1-4H3/t25-/m1/s1. The number of hydrogen-bond acceptors (Lipinski definition) is 6. The van der Waals surface area contributed by atoms with Crippen LogP contribution in [0.15, 0.2) is 42.5 Å². The topological polar surface area (TPSA) is 74.0 Å². The van der Waals surface area contributed by atoms with Crippen LogP contribution >= 0.6 is 0 Å². The molecule has 176 valence electrons. The van der Waals surface area contributed by atoms with Gasteiger partial charge >= 0.3 is 0 Å². The van der Waals surface area contributed by atoms with Crippen molar-refractivity contribution in [2.24, 2.45) is 7.05 Å². The second-order valence-electron chi connectivity index (χ2n) is 8.54. The fourth-order valence-corrected chi connectivity index (χ4v) is 4.65. The van der Waals surface area contributed by atoms with Crippen molar-refractivity contribution in [3.8, 4) is 22.9 Å². The SMILES string of the molecule is CCN(CC)c1ccc(-c2nc3c(n2C)CCN(C[C@@H](O)c2ccc(OC)cc2)C3)c(O)c1. The number of anilines is 1. The van der Waals surface area contributed by atoms with Gasteiger partial charge in [-0.1, -0.05) is 12.1 Å². The fraction of sp³-hybridized carbons (Fsp3) is 0.423. The number of ether oxygens (including phenoxy) is 1. The van der Waals surface area contributed by atoms with Crippen LogP contribution in [-0.4, -0.2) is 58.0 Å². The number of phenolic OH excluding ortho intramolecular Hbond substituents is 1. The lowest BCUT2D eigenvalue weighted by atomic mass is 10.1. The minimum absolute atomic E-state index is 0.247. The lowest BCUT2D eigenvalue weighted by Gasteiger charge is -2.28. The van der Waals surface area contributed by atoms with Gasteiger partial charge in [-0.05, 0) is 43.7 Å². The van der Waals surface area contributed by atoms with Gasteiger partial charge in [0.05, 0.1) is 24.5 Å². The van der Waals surface area contributed by atoms with E-state index < -0.39 is 6.10 Å². The van der Waals surface area contributed by atoms with Crippen molar-refractivity contribution in [1.82, 2.24) is 14.5 Å². The maximum Gasteiger partial charge on any atom is 0.144 e. The van der Waals surface area contributed by atoms with Crippen LogP contribution < -0.4 is 9.64 Å². The summed E-state index contributed by atoms with van der Waals surface area (Å²) in [5.74, 6) is 1.81. The van der Waals surface area contributed by atoms with Gasteiger partial charge in [-0.25, -0.2) is 4.98 Å². The van der Waals surface area contributed by atoms with E-state index >= 15 is 0 Å². The summed E-state index contributed by atoms with van der Waals surface area (Å²) in [5.41, 5.74) is 4.83. The molecule has 7 nitrogen and oxygen atoms in total. The molecule has 0 amide bonds. The summed E-state index contributed by atoms with van der Waals surface area (Å²) in [6.07, 6.45) is 0.282. The highest BCUT2D eigenvalue weighted by Crippen LogP contribution is 2.34. The zero-order chi connectivity index (χ0) is 23.5. The van der Waals surface area contributed by atoms with Gasteiger partial charge in [0.1, 0.15) is 17.3 Å². The number of fused-ring (bicyclic) bond motifs is 1. The first-order valence-electron chi connectivity index (χ1n) is 11.6. The zero-order valence-electron chi connectivity index (χ0n) is 20.0. The van der Waals surface area contributed by atoms with Crippen LogP contribution in [-0.2, 0) is 20.0 Å². The molecule has 0 bridgehead atoms. The smallest absolute Gasteiger partial charge is 0.144 e. The molecule has 7 heteroatoms. The first-order valence-corrected chi connectivity index (χ1v) is 11.6. The molecule has 1 atom stereocenters. The molecule has 2 N–H and O–H groups in total. The Kier molecular flexibility index (Phi) is 6.91. The summed E-state index contributed by atoms with van der Waals surface area (Å²) >= 11 is 0. The number of aromatic nitrogens is 2. The van der Waals surface area contributed by atoms with E-state index in [1.807, 2.05) is 49.5 Å². The highest BCUT2D eigenvalue weighted by atomic mass is 16.5. The lowest BCUT2D eigenvalue weighted by Crippen LogP contribution is -2.34. The molecule has 1 aromatic heterocycles. The summed E-state index contributed by atoms with van der Waals surface area (Å²) in [6, 6.07) is 13.4. The van der Waals surface area contributed by atoms with Gasteiger partial charge in [0.25, 0.3) is 0 Å². The van der Waals surface area contributed by atoms with Crippen LogP contribution in [0.25, 0.3) is 11.4 Å². The average Bonchev–Trinajstić information content (AvgIpc) is 3.15. The predicted octanol–water partition coefficient (Wildman–Crippen LogP) is 3.74. The maximum atomic E-state index is 10.8. The van der Waals surface area contributed by atoms with Crippen molar-refractivity contribution >= 4 is 5.69 Å². The van der Waals surface area contributed by atoms with Crippen molar-refractivity contribution < 1.29 is 14.9 Å². The van der Waals surface area contributed by atoms with E-state index in [2.05, 4.69) is 28.2 Å². The highest BCUT2D eigenvalue weighted by Gasteiger charge is 2.26. The number of aromatic hydroxyl groups is 1. The zero-order valence-corrected chi connectivity index (χ0v) is 20.0. The third-order valence-electron chi connectivity index (χ3n) is 6.62. The normalized spacial score (nSPS) is 14.7. The molecule has 0 saturated heterocycles. The fourth-order valence-electron chi connectivity index (χ4n) is 4.65. The second kappa shape index (κ2) is 9.85. The largest absolute Gasteiger partial charge is 0.507 e. The Morgan fingerprint density at radius 2 is 1.85 bits per heavy atom. The molecule has 4 rings (SSSR count). The average molecular weight is 451 g/mol. The number of aliphatic hydroxyl groups is 1. The summed E-state index contributed by atoms with van der Waals surface area (Å²) in [6.45, 7) is 8.08. The van der Waals surface area contributed by atoms with Crippen LogP contribution in [0.3, 0.4) is 0 Å². The molecule has 0 unspecified atom stereocenters. The van der Waals surface area contributed by atoms with E-state index in [0.29, 0.717) is 13.1 Å². The van der Waals surface area contributed by atoms with Gasteiger partial charge < -0.3 is 24.4 Å². The van der Waals surface area contributed by atoms with Crippen LogP contribution in [0.2, 0.25) is 0 Å². The molecule has 0 radical (unpaired) electrons. The number of imidazole rings is 1. The van der Waals surface area contributed by atoms with Crippen LogP contribution in [0.5, 0.6) is 11.5 Å². The molecule has 33 heavy (non-hydrogen) atoms. The molecule has 0 aliphatic carbocycles. The minimum atomic E-state index is -0.572. The predicted molar refractivity (Wildman–Crippen MR) is 131 cm³/mol. The Morgan fingerprint density at radius 3 is 2.48 bits per heavy atom. The highest BCUT2D eigenvalue weighted by molar-refractivity contribution is 5.69. The van der Waals surface area contributed by atoms with Crippen molar-refractivity contribution in [1.29, 1.82) is 0 Å². The van der Waals surface area contributed by atoms with Crippen molar-refractivity contribution in [2.45, 2.75) is 32.9 Å². The van der Waals surface area contributed by atoms with Crippen molar-refractivity contribution in [2.75, 3.05) is 38.2 Å². The third-order valence-corrected chi connectivity index (χ3v) is 6.62. The molecule has 0 saturated carbocycles. The van der Waals surface area contributed by atoms with E-state index in [9.17, 15) is 10.2 Å². The first kappa shape index (κ1) is 23.1. The number of methoxy groups -OCH3 is 1. The molecule has 3 aromatic rings. The number of nitrogens with zero attached hydrogens (tertiary/aromatic N) is 4. The molecular formula is C26H34N4O3. The number of rotatable bonds is 8. The molecule has 2 aromatic carbocycles. The van der Waals surface area contributed by atoms with Crippen LogP contribution in [0.4, 0.5) is 5.69 Å². The first-order chi connectivity index (χ1) is 15.9. The van der Waals surface area contributed by atoms with Crippen LogP contribution in [0.1, 0.15) is 36.9 Å². The Labute approximate surface area is 195 Å². The Morgan fingerprint density at radius 1 is 1.12 bits per heavy atom. The van der Waals surface area contributed by atoms with Gasteiger partial charge in [-0.15, -0.1) is 0 Å². The number of β-amino-alcohol motifs (C(OH)–C–C–N with tert-alkyl or cyclic N) is 1. The Bertz CT molecular complexity index is 1090. The molecule has 0 fully saturated rings. The summed E-state index contributed by atoms with van der Waals surface area (Å²) in [7, 11) is 3.65. The molecule has 1 aliphatic rings. The molecular weight excluding hydrogens is 416 g/mol. The number of phenols is 1. The van der Waals surface area contributed by atoms with Gasteiger partial charge in [0.2, 0.25) is 0 Å². The van der Waals surface area contributed by atoms with Gasteiger partial charge in [0.15, 0.2) is 0 Å². The molecule has 2 heterocycles.